The smallest absolute Gasteiger partial charge is 0.258 e. The Bertz CT molecular complexity index is 1110. The Kier molecular flexibility index (Phi) is 5.04. The predicted molar refractivity (Wildman–Crippen MR) is 113 cm³/mol. The lowest BCUT2D eigenvalue weighted by Gasteiger charge is -2.10. The Labute approximate surface area is 165 Å². The zero-order chi connectivity index (χ0) is 19.5. The van der Waals surface area contributed by atoms with Crippen LogP contribution in [0, 0.1) is 13.8 Å². The SMILES string of the molecule is CNCc1cccc(-c2noc(-c3ccc(-c4ccccc4C)c(C)c3)n2)c1. The summed E-state index contributed by atoms with van der Waals surface area (Å²) in [6.07, 6.45) is 0. The minimum atomic E-state index is 0.536. The van der Waals surface area contributed by atoms with Gasteiger partial charge in [0.15, 0.2) is 0 Å². The van der Waals surface area contributed by atoms with Crippen molar-refractivity contribution in [2.24, 2.45) is 0 Å². The number of rotatable bonds is 5. The fourth-order valence-corrected chi connectivity index (χ4v) is 3.46. The summed E-state index contributed by atoms with van der Waals surface area (Å²) in [5, 5.41) is 7.34. The van der Waals surface area contributed by atoms with E-state index in [9.17, 15) is 0 Å². The number of hydrogen-bond donors (Lipinski definition) is 1. The Morgan fingerprint density at radius 2 is 1.64 bits per heavy atom. The van der Waals surface area contributed by atoms with Crippen LogP contribution in [0.4, 0.5) is 0 Å². The quantitative estimate of drug-likeness (QED) is 0.511. The average Bonchev–Trinajstić information content (AvgIpc) is 3.19. The summed E-state index contributed by atoms with van der Waals surface area (Å²) in [6.45, 7) is 5.05. The molecule has 0 aliphatic rings. The Balaban J connectivity index is 1.65. The van der Waals surface area contributed by atoms with E-state index in [-0.39, 0.29) is 0 Å². The maximum Gasteiger partial charge on any atom is 0.258 e. The first-order chi connectivity index (χ1) is 13.7. The van der Waals surface area contributed by atoms with Gasteiger partial charge in [-0.3, -0.25) is 0 Å². The second-order valence-electron chi connectivity index (χ2n) is 7.00. The third-order valence-electron chi connectivity index (χ3n) is 4.90. The summed E-state index contributed by atoms with van der Waals surface area (Å²) in [4.78, 5) is 4.61. The highest BCUT2D eigenvalue weighted by molar-refractivity contribution is 5.73. The van der Waals surface area contributed by atoms with Gasteiger partial charge in [0, 0.05) is 17.7 Å². The van der Waals surface area contributed by atoms with Crippen molar-refractivity contribution >= 4 is 0 Å². The predicted octanol–water partition coefficient (Wildman–Crippen LogP) is 5.41. The summed E-state index contributed by atoms with van der Waals surface area (Å²) in [5.74, 6) is 1.14. The number of aryl methyl sites for hydroxylation is 2. The van der Waals surface area contributed by atoms with Gasteiger partial charge in [-0.15, -0.1) is 0 Å². The van der Waals surface area contributed by atoms with Crippen LogP contribution in [0.1, 0.15) is 16.7 Å². The van der Waals surface area contributed by atoms with E-state index in [2.05, 4.69) is 77.8 Å². The van der Waals surface area contributed by atoms with Gasteiger partial charge in [0.1, 0.15) is 0 Å². The van der Waals surface area contributed by atoms with Crippen LogP contribution >= 0.6 is 0 Å². The van der Waals surface area contributed by atoms with Crippen molar-refractivity contribution in [2.45, 2.75) is 20.4 Å². The normalized spacial score (nSPS) is 11.0. The van der Waals surface area contributed by atoms with E-state index in [1.54, 1.807) is 0 Å². The first kappa shape index (κ1) is 18.1. The fourth-order valence-electron chi connectivity index (χ4n) is 3.46. The summed E-state index contributed by atoms with van der Waals surface area (Å²) < 4.78 is 5.55. The molecule has 4 rings (SSSR count). The molecule has 0 fully saturated rings. The van der Waals surface area contributed by atoms with Crippen molar-refractivity contribution < 1.29 is 4.52 Å². The molecule has 0 radical (unpaired) electrons. The Hall–Kier alpha value is -3.24. The zero-order valence-corrected chi connectivity index (χ0v) is 16.4. The fraction of sp³-hybridized carbons (Fsp3) is 0.167. The number of hydrogen-bond acceptors (Lipinski definition) is 4. The minimum Gasteiger partial charge on any atom is -0.334 e. The van der Waals surface area contributed by atoms with E-state index >= 15 is 0 Å². The van der Waals surface area contributed by atoms with Crippen molar-refractivity contribution in [3.63, 3.8) is 0 Å². The van der Waals surface area contributed by atoms with Crippen molar-refractivity contribution in [3.8, 4) is 34.0 Å². The van der Waals surface area contributed by atoms with Gasteiger partial charge >= 0.3 is 0 Å². The van der Waals surface area contributed by atoms with Crippen molar-refractivity contribution in [1.29, 1.82) is 0 Å². The molecular weight excluding hydrogens is 346 g/mol. The topological polar surface area (TPSA) is 51.0 Å². The molecule has 0 bridgehead atoms. The third kappa shape index (κ3) is 3.59. The molecule has 140 valence electrons. The lowest BCUT2D eigenvalue weighted by atomic mass is 9.95. The summed E-state index contributed by atoms with van der Waals surface area (Å²) >= 11 is 0. The van der Waals surface area contributed by atoms with E-state index in [4.69, 9.17) is 4.52 Å². The molecule has 0 unspecified atom stereocenters. The van der Waals surface area contributed by atoms with Gasteiger partial charge in [-0.2, -0.15) is 4.98 Å². The lowest BCUT2D eigenvalue weighted by molar-refractivity contribution is 0.432. The third-order valence-corrected chi connectivity index (χ3v) is 4.90. The van der Waals surface area contributed by atoms with E-state index in [1.807, 2.05) is 25.2 Å². The van der Waals surface area contributed by atoms with Gasteiger partial charge in [-0.1, -0.05) is 53.7 Å². The van der Waals surface area contributed by atoms with Crippen LogP contribution in [0.5, 0.6) is 0 Å². The van der Waals surface area contributed by atoms with Crippen LogP contribution in [0.3, 0.4) is 0 Å². The molecule has 0 aliphatic heterocycles. The molecule has 1 aromatic heterocycles. The van der Waals surface area contributed by atoms with E-state index in [0.29, 0.717) is 11.7 Å². The highest BCUT2D eigenvalue weighted by Crippen LogP contribution is 2.30. The van der Waals surface area contributed by atoms with Crippen LogP contribution in [0.25, 0.3) is 34.0 Å². The highest BCUT2D eigenvalue weighted by Gasteiger charge is 2.13. The molecule has 0 atom stereocenters. The molecule has 1 heterocycles. The molecule has 0 spiro atoms. The Morgan fingerprint density at radius 1 is 0.821 bits per heavy atom. The minimum absolute atomic E-state index is 0.536. The van der Waals surface area contributed by atoms with Crippen LogP contribution in [-0.4, -0.2) is 17.2 Å². The second kappa shape index (κ2) is 7.79. The first-order valence-corrected chi connectivity index (χ1v) is 9.40. The van der Waals surface area contributed by atoms with Gasteiger partial charge < -0.3 is 9.84 Å². The van der Waals surface area contributed by atoms with E-state index in [1.165, 1.54) is 27.8 Å². The monoisotopic (exact) mass is 369 g/mol. The second-order valence-corrected chi connectivity index (χ2v) is 7.00. The summed E-state index contributed by atoms with van der Waals surface area (Å²) in [7, 11) is 1.93. The first-order valence-electron chi connectivity index (χ1n) is 9.40. The maximum absolute atomic E-state index is 5.55. The zero-order valence-electron chi connectivity index (χ0n) is 16.4. The van der Waals surface area contributed by atoms with Crippen LogP contribution in [-0.2, 0) is 6.54 Å². The molecule has 0 aliphatic carbocycles. The van der Waals surface area contributed by atoms with Crippen molar-refractivity contribution in [2.75, 3.05) is 7.05 Å². The van der Waals surface area contributed by atoms with E-state index < -0.39 is 0 Å². The molecule has 4 nitrogen and oxygen atoms in total. The van der Waals surface area contributed by atoms with Gasteiger partial charge in [0.2, 0.25) is 5.82 Å². The molecule has 4 heteroatoms. The highest BCUT2D eigenvalue weighted by atomic mass is 16.5. The molecule has 1 N–H and O–H groups in total. The van der Waals surface area contributed by atoms with Crippen LogP contribution < -0.4 is 5.32 Å². The number of nitrogens with zero attached hydrogens (tertiary/aromatic N) is 2. The average molecular weight is 369 g/mol. The summed E-state index contributed by atoms with van der Waals surface area (Å²) in [6, 6.07) is 22.9. The standard InChI is InChI=1S/C24H23N3O/c1-16-7-4-5-10-21(16)22-12-11-20(13-17(22)2)24-26-23(27-28-24)19-9-6-8-18(14-19)15-25-3/h4-14,25H,15H2,1-3H3. The molecule has 0 saturated carbocycles. The van der Waals surface area contributed by atoms with Gasteiger partial charge in [0.05, 0.1) is 0 Å². The van der Waals surface area contributed by atoms with Crippen molar-refractivity contribution in [3.05, 3.63) is 83.4 Å². The molecular formula is C24H23N3O. The van der Waals surface area contributed by atoms with Crippen LogP contribution in [0.2, 0.25) is 0 Å². The molecule has 0 amide bonds. The number of aromatic nitrogens is 2. The van der Waals surface area contributed by atoms with Gasteiger partial charge in [0.25, 0.3) is 5.89 Å². The maximum atomic E-state index is 5.55. The lowest BCUT2D eigenvalue weighted by Crippen LogP contribution is -2.04. The van der Waals surface area contributed by atoms with E-state index in [0.717, 1.165) is 17.7 Å². The van der Waals surface area contributed by atoms with Crippen molar-refractivity contribution in [1.82, 2.24) is 15.5 Å². The van der Waals surface area contributed by atoms with Gasteiger partial charge in [-0.25, -0.2) is 0 Å². The number of nitrogens with one attached hydrogen (secondary N) is 1. The molecule has 0 saturated heterocycles. The summed E-state index contributed by atoms with van der Waals surface area (Å²) in [5.41, 5.74) is 7.99. The molecule has 28 heavy (non-hydrogen) atoms. The number of benzene rings is 3. The Morgan fingerprint density at radius 3 is 2.43 bits per heavy atom. The largest absolute Gasteiger partial charge is 0.334 e. The molecule has 4 aromatic rings. The van der Waals surface area contributed by atoms with Gasteiger partial charge in [-0.05, 0) is 66.9 Å². The molecule has 3 aromatic carbocycles. The van der Waals surface area contributed by atoms with Crippen LogP contribution in [0.15, 0.2) is 71.3 Å².